The summed E-state index contributed by atoms with van der Waals surface area (Å²) in [5, 5.41) is 42.3. The monoisotopic (exact) mass is 578 g/mol. The predicted molar refractivity (Wildman–Crippen MR) is 120 cm³/mol. The summed E-state index contributed by atoms with van der Waals surface area (Å²) in [5.41, 5.74) is 0.349. The van der Waals surface area contributed by atoms with E-state index in [9.17, 15) is 44.1 Å². The molecule has 0 spiro atoms. The Morgan fingerprint density at radius 3 is 2.44 bits per heavy atom. The van der Waals surface area contributed by atoms with Crippen LogP contribution in [0.15, 0.2) is 24.2 Å². The van der Waals surface area contributed by atoms with Crippen LogP contribution in [-0.2, 0) is 36.8 Å². The van der Waals surface area contributed by atoms with Gasteiger partial charge in [0.25, 0.3) is 5.91 Å². The molecule has 0 aromatic rings. The zero-order chi connectivity index (χ0) is 27.0. The normalized spacial score (nSPS) is 38.8. The van der Waals surface area contributed by atoms with Crippen molar-refractivity contribution in [2.24, 2.45) is 0 Å². The van der Waals surface area contributed by atoms with Crippen LogP contribution in [0.5, 0.6) is 0 Å². The van der Waals surface area contributed by atoms with Gasteiger partial charge in [-0.05, 0) is 6.92 Å². The Hall–Kier alpha value is -0.880. The molecule has 10 atom stereocenters. The van der Waals surface area contributed by atoms with Gasteiger partial charge >= 0.3 is 15.6 Å². The number of aliphatic hydroxyl groups is 4. The van der Waals surface area contributed by atoms with Crippen LogP contribution in [-0.4, -0.2) is 103 Å². The molecule has 2 fully saturated rings. The molecule has 2 saturated heterocycles. The molecule has 0 aliphatic carbocycles. The topological polar surface area (TPSA) is 234 Å². The van der Waals surface area contributed by atoms with Gasteiger partial charge in [-0.3, -0.25) is 13.8 Å². The van der Waals surface area contributed by atoms with Gasteiger partial charge in [-0.1, -0.05) is 6.58 Å². The molecule has 16 nitrogen and oxygen atoms in total. The number of nitrogens with zero attached hydrogens (tertiary/aromatic N) is 1. The second-order valence-corrected chi connectivity index (χ2v) is 11.5. The first-order valence-corrected chi connectivity index (χ1v) is 14.1. The maximum absolute atomic E-state index is 12.2. The third kappa shape index (κ3) is 6.95. The molecule has 206 valence electrons. The van der Waals surface area contributed by atoms with Crippen molar-refractivity contribution in [3.63, 3.8) is 0 Å². The lowest BCUT2D eigenvalue weighted by atomic mass is 10.0. The third-order valence-electron chi connectivity index (χ3n) is 5.47. The van der Waals surface area contributed by atoms with Crippen molar-refractivity contribution < 1.29 is 67.0 Å². The van der Waals surface area contributed by atoms with Gasteiger partial charge in [0.2, 0.25) is 0 Å². The van der Waals surface area contributed by atoms with Crippen LogP contribution in [0.4, 0.5) is 0 Å². The second-order valence-electron chi connectivity index (χ2n) is 8.17. The molecule has 1 amide bonds. The van der Waals surface area contributed by atoms with Crippen molar-refractivity contribution in [3.8, 4) is 0 Å². The Morgan fingerprint density at radius 1 is 1.14 bits per heavy atom. The maximum Gasteiger partial charge on any atom is 0.483 e. The lowest BCUT2D eigenvalue weighted by Gasteiger charge is -2.39. The number of phosphoric ester groups is 2. The van der Waals surface area contributed by atoms with Crippen LogP contribution in [0.25, 0.3) is 0 Å². The van der Waals surface area contributed by atoms with Crippen molar-refractivity contribution in [3.05, 3.63) is 24.2 Å². The molecule has 0 bridgehead atoms. The fourth-order valence-corrected chi connectivity index (χ4v) is 6.02. The van der Waals surface area contributed by atoms with Gasteiger partial charge in [0.15, 0.2) is 6.29 Å². The molecular formula is C17H28N2O14P2S. The summed E-state index contributed by atoms with van der Waals surface area (Å²) in [6, 6.07) is 0. The summed E-state index contributed by atoms with van der Waals surface area (Å²) in [5.74, 6) is -0.342. The van der Waals surface area contributed by atoms with E-state index in [2.05, 4.69) is 37.9 Å². The average Bonchev–Trinajstić information content (AvgIpc) is 3.14. The lowest BCUT2D eigenvalue weighted by molar-refractivity contribution is -0.270. The number of nitrogens with one attached hydrogen (secondary N) is 1. The number of rotatable bonds is 9. The van der Waals surface area contributed by atoms with E-state index in [0.717, 1.165) is 0 Å². The van der Waals surface area contributed by atoms with Crippen LogP contribution in [0, 0.1) is 0 Å². The van der Waals surface area contributed by atoms with E-state index in [1.807, 2.05) is 0 Å². The van der Waals surface area contributed by atoms with Crippen LogP contribution >= 0.6 is 28.3 Å². The molecule has 0 saturated carbocycles. The standard InChI is InChI=1S/C17H28N2O14P2S/c1-7-4-19(8(2)18-16(7)24)12-3-9(20)10(30-12)5-29-34(25,26)33-35(27,28)32-17-15(23)14(22)13(21)11(6-36)31-17/h4,9-15,17,20-23,36H,2-3,5-6H2,1H3,(H,18,24)(H,25,26)(H,27,28)/t9?,10-,11?,12-,13+,14+,15?,17+/m1/s1. The summed E-state index contributed by atoms with van der Waals surface area (Å²) in [7, 11) is -10.8. The summed E-state index contributed by atoms with van der Waals surface area (Å²) in [6.45, 7) is 4.49. The number of phosphoric acid groups is 2. The van der Waals surface area contributed by atoms with Crippen molar-refractivity contribution >= 4 is 34.2 Å². The molecule has 3 rings (SSSR count). The molecule has 19 heteroatoms. The average molecular weight is 578 g/mol. The van der Waals surface area contributed by atoms with Crippen molar-refractivity contribution in [1.29, 1.82) is 0 Å². The summed E-state index contributed by atoms with van der Waals surface area (Å²) >= 11 is 3.88. The molecule has 5 unspecified atom stereocenters. The fourth-order valence-electron chi connectivity index (χ4n) is 3.56. The molecule has 36 heavy (non-hydrogen) atoms. The third-order valence-corrected chi connectivity index (χ3v) is 8.43. The Morgan fingerprint density at radius 2 is 1.81 bits per heavy atom. The smallest absolute Gasteiger partial charge is 0.390 e. The van der Waals surface area contributed by atoms with E-state index >= 15 is 0 Å². The maximum atomic E-state index is 12.2. The number of hydrogen-bond donors (Lipinski definition) is 8. The number of carbonyl (C=O) groups is 1. The number of ether oxygens (including phenoxy) is 2. The first kappa shape index (κ1) is 29.7. The van der Waals surface area contributed by atoms with Gasteiger partial charge in [-0.25, -0.2) is 9.13 Å². The molecule has 0 radical (unpaired) electrons. The molecule has 7 N–H and O–H groups in total. The van der Waals surface area contributed by atoms with E-state index in [4.69, 9.17) is 9.47 Å². The first-order chi connectivity index (χ1) is 16.6. The largest absolute Gasteiger partial charge is 0.483 e. The van der Waals surface area contributed by atoms with Crippen LogP contribution in [0.2, 0.25) is 0 Å². The van der Waals surface area contributed by atoms with Gasteiger partial charge in [-0.15, -0.1) is 0 Å². The van der Waals surface area contributed by atoms with Gasteiger partial charge < -0.3 is 49.9 Å². The van der Waals surface area contributed by atoms with Crippen LogP contribution in [0.1, 0.15) is 13.3 Å². The number of hydrogen-bond acceptors (Lipinski definition) is 14. The number of thiol groups is 1. The molecular weight excluding hydrogens is 550 g/mol. The van der Waals surface area contributed by atoms with E-state index in [-0.39, 0.29) is 23.9 Å². The minimum Gasteiger partial charge on any atom is -0.390 e. The van der Waals surface area contributed by atoms with Crippen molar-refractivity contribution in [2.75, 3.05) is 12.4 Å². The Balaban J connectivity index is 1.56. The Labute approximate surface area is 210 Å². The van der Waals surface area contributed by atoms with E-state index in [0.29, 0.717) is 5.57 Å². The second kappa shape index (κ2) is 11.5. The van der Waals surface area contributed by atoms with Gasteiger partial charge in [0, 0.05) is 23.9 Å². The predicted octanol–water partition coefficient (Wildman–Crippen LogP) is -1.74. The van der Waals surface area contributed by atoms with Gasteiger partial charge in [0.1, 0.15) is 36.5 Å². The molecule has 0 aromatic carbocycles. The van der Waals surface area contributed by atoms with Crippen molar-refractivity contribution in [2.45, 2.75) is 62.5 Å². The Kier molecular flexibility index (Phi) is 9.46. The zero-order valence-electron chi connectivity index (χ0n) is 18.8. The minimum atomic E-state index is -5.45. The highest BCUT2D eigenvalue weighted by Gasteiger charge is 2.48. The summed E-state index contributed by atoms with van der Waals surface area (Å²) < 4.78 is 48.6. The SMILES string of the molecule is C=C1NC(=O)C(C)=CN1[C@H]1CC(O)[C@@H](COP(=O)(O)OP(=O)(O)O[C@@H]2OC(CS)[C@H](O)[C@H](O)C2O)O1. The number of amides is 1. The van der Waals surface area contributed by atoms with E-state index in [1.54, 1.807) is 6.92 Å². The first-order valence-electron chi connectivity index (χ1n) is 10.4. The van der Waals surface area contributed by atoms with Gasteiger partial charge in [-0.2, -0.15) is 16.9 Å². The quantitative estimate of drug-likeness (QED) is 0.112. The van der Waals surface area contributed by atoms with Crippen LogP contribution in [0.3, 0.4) is 0 Å². The molecule has 3 heterocycles. The van der Waals surface area contributed by atoms with Gasteiger partial charge in [0.05, 0.1) is 18.8 Å². The summed E-state index contributed by atoms with van der Waals surface area (Å²) in [6.07, 6.45) is -10.4. The molecule has 3 aliphatic rings. The summed E-state index contributed by atoms with van der Waals surface area (Å²) in [4.78, 5) is 32.9. The molecule has 3 aliphatic heterocycles. The van der Waals surface area contributed by atoms with Crippen LogP contribution < -0.4 is 5.32 Å². The highest BCUT2D eigenvalue weighted by atomic mass is 32.1. The lowest BCUT2D eigenvalue weighted by Crippen LogP contribution is -2.58. The molecule has 0 aromatic heterocycles. The van der Waals surface area contributed by atoms with E-state index < -0.39 is 71.4 Å². The fraction of sp³-hybridized carbons (Fsp3) is 0.706. The highest BCUT2D eigenvalue weighted by Crippen LogP contribution is 2.61. The number of aliphatic hydroxyl groups excluding tert-OH is 4. The minimum absolute atomic E-state index is 0.00226. The van der Waals surface area contributed by atoms with E-state index in [1.165, 1.54) is 11.1 Å². The van der Waals surface area contributed by atoms with Crippen molar-refractivity contribution in [1.82, 2.24) is 10.2 Å². The number of carbonyl (C=O) groups excluding carboxylic acids is 1. The zero-order valence-corrected chi connectivity index (χ0v) is 21.4. The highest BCUT2D eigenvalue weighted by molar-refractivity contribution is 7.80. The Bertz CT molecular complexity index is 981.